The molecule has 3 aromatic rings. The first kappa shape index (κ1) is 27.8. The van der Waals surface area contributed by atoms with Gasteiger partial charge in [0.1, 0.15) is 24.3 Å². The summed E-state index contributed by atoms with van der Waals surface area (Å²) < 4.78 is 33.2. The fourth-order valence-electron chi connectivity index (χ4n) is 4.30. The Morgan fingerprint density at radius 1 is 1.05 bits per heavy atom. The topological polar surface area (TPSA) is 108 Å². The van der Waals surface area contributed by atoms with Gasteiger partial charge in [0, 0.05) is 12.1 Å². The normalized spacial score (nSPS) is 16.6. The summed E-state index contributed by atoms with van der Waals surface area (Å²) in [5.41, 5.74) is 2.02. The summed E-state index contributed by atoms with van der Waals surface area (Å²) in [5, 5.41) is 14.5. The number of likely N-dealkylation sites (tertiary alicyclic amines) is 1. The number of halogens is 3. The maximum atomic E-state index is 14.2. The van der Waals surface area contributed by atoms with Gasteiger partial charge in [-0.05, 0) is 72.6 Å². The van der Waals surface area contributed by atoms with E-state index in [1.54, 1.807) is 25.1 Å². The monoisotopic (exact) mass is 557 g/mol. The number of rotatable bonds is 8. The number of benzene rings is 3. The Morgan fingerprint density at radius 2 is 1.74 bits per heavy atom. The largest absolute Gasteiger partial charge is 0.491 e. The van der Waals surface area contributed by atoms with Crippen LogP contribution in [0.1, 0.15) is 27.9 Å². The van der Waals surface area contributed by atoms with Crippen LogP contribution in [0.2, 0.25) is 5.02 Å². The number of anilines is 2. The Labute approximate surface area is 228 Å². The zero-order chi connectivity index (χ0) is 28.1. The number of carbonyl (C=O) groups excluding carboxylic acids is 2. The van der Waals surface area contributed by atoms with E-state index in [9.17, 15) is 23.2 Å². The van der Waals surface area contributed by atoms with Gasteiger partial charge in [0.15, 0.2) is 0 Å². The second-order valence-electron chi connectivity index (χ2n) is 9.20. The molecular weight excluding hydrogens is 532 g/mol. The fourth-order valence-corrected chi connectivity index (χ4v) is 4.55. The molecule has 11 heteroatoms. The molecule has 8 nitrogen and oxygen atoms in total. The van der Waals surface area contributed by atoms with Crippen LogP contribution in [0.15, 0.2) is 60.7 Å². The zero-order valence-corrected chi connectivity index (χ0v) is 21.7. The van der Waals surface area contributed by atoms with E-state index in [1.165, 1.54) is 47.4 Å². The summed E-state index contributed by atoms with van der Waals surface area (Å²) in [7, 11) is 0. The molecule has 0 aromatic heterocycles. The second kappa shape index (κ2) is 12.1. The minimum Gasteiger partial charge on any atom is -0.491 e. The number of aryl methyl sites for hydroxylation is 1. The van der Waals surface area contributed by atoms with Crippen LogP contribution in [0.4, 0.5) is 25.0 Å². The highest BCUT2D eigenvalue weighted by Gasteiger charge is 2.35. The average molecular weight is 558 g/mol. The van der Waals surface area contributed by atoms with Gasteiger partial charge < -0.3 is 25.4 Å². The molecule has 3 amide bonds. The summed E-state index contributed by atoms with van der Waals surface area (Å²) in [6.45, 7) is 1.67. The average Bonchev–Trinajstić information content (AvgIpc) is 3.27. The molecule has 39 heavy (non-hydrogen) atoms. The molecule has 0 radical (unpaired) electrons. The predicted molar refractivity (Wildman–Crippen MR) is 143 cm³/mol. The Kier molecular flexibility index (Phi) is 8.65. The highest BCUT2D eigenvalue weighted by molar-refractivity contribution is 6.33. The van der Waals surface area contributed by atoms with E-state index in [2.05, 4.69) is 10.6 Å². The number of alkyl halides is 1. The van der Waals surface area contributed by atoms with Crippen molar-refractivity contribution in [3.05, 3.63) is 88.2 Å². The lowest BCUT2D eigenvalue weighted by molar-refractivity contribution is -0.132. The molecule has 0 bridgehead atoms. The molecule has 1 heterocycles. The van der Waals surface area contributed by atoms with Crippen molar-refractivity contribution in [1.29, 1.82) is 0 Å². The quantitative estimate of drug-likeness (QED) is 0.330. The minimum absolute atomic E-state index is 0.0303. The molecule has 0 aliphatic carbocycles. The van der Waals surface area contributed by atoms with E-state index in [0.717, 1.165) is 0 Å². The molecule has 1 saturated heterocycles. The number of nitrogens with zero attached hydrogens (tertiary/aromatic N) is 1. The van der Waals surface area contributed by atoms with Crippen molar-refractivity contribution in [3.8, 4) is 5.75 Å². The number of carboxylic acid groups (broad SMARTS) is 1. The van der Waals surface area contributed by atoms with E-state index in [1.807, 2.05) is 0 Å². The number of aromatic carboxylic acids is 1. The fraction of sp³-hybridized carbons (Fsp3) is 0.250. The number of hydrogen-bond donors (Lipinski definition) is 3. The van der Waals surface area contributed by atoms with Crippen LogP contribution in [0, 0.1) is 12.7 Å². The summed E-state index contributed by atoms with van der Waals surface area (Å²) in [4.78, 5) is 37.8. The van der Waals surface area contributed by atoms with Crippen molar-refractivity contribution in [1.82, 2.24) is 4.90 Å². The molecule has 1 aliphatic heterocycles. The number of nitrogens with one attached hydrogen (secondary N) is 2. The number of carboxylic acids is 1. The van der Waals surface area contributed by atoms with Crippen molar-refractivity contribution >= 4 is 40.9 Å². The third-order valence-electron chi connectivity index (χ3n) is 6.30. The molecule has 0 unspecified atom stereocenters. The molecule has 3 N–H and O–H groups in total. The maximum Gasteiger partial charge on any atom is 0.335 e. The Morgan fingerprint density at radius 3 is 2.41 bits per heavy atom. The number of ether oxygens (including phenoxy) is 1. The van der Waals surface area contributed by atoms with Gasteiger partial charge in [-0.25, -0.2) is 18.4 Å². The number of amides is 3. The van der Waals surface area contributed by atoms with Crippen LogP contribution in [0.5, 0.6) is 5.75 Å². The minimum atomic E-state index is -1.18. The van der Waals surface area contributed by atoms with Gasteiger partial charge in [-0.1, -0.05) is 17.7 Å². The summed E-state index contributed by atoms with van der Waals surface area (Å²) >= 11 is 6.34. The van der Waals surface area contributed by atoms with Gasteiger partial charge in [-0.2, -0.15) is 0 Å². The van der Waals surface area contributed by atoms with Crippen LogP contribution >= 0.6 is 11.6 Å². The smallest absolute Gasteiger partial charge is 0.335 e. The predicted octanol–water partition coefficient (Wildman–Crippen LogP) is 5.69. The van der Waals surface area contributed by atoms with E-state index >= 15 is 0 Å². The van der Waals surface area contributed by atoms with Crippen LogP contribution < -0.4 is 15.4 Å². The van der Waals surface area contributed by atoms with Crippen LogP contribution in [0.25, 0.3) is 0 Å². The van der Waals surface area contributed by atoms with E-state index in [0.29, 0.717) is 28.3 Å². The lowest BCUT2D eigenvalue weighted by Crippen LogP contribution is -2.40. The van der Waals surface area contributed by atoms with Gasteiger partial charge in [-0.3, -0.25) is 4.79 Å². The Hall–Kier alpha value is -4.18. The van der Waals surface area contributed by atoms with Crippen molar-refractivity contribution in [2.45, 2.75) is 32.0 Å². The van der Waals surface area contributed by atoms with Gasteiger partial charge in [0.25, 0.3) is 0 Å². The van der Waals surface area contributed by atoms with Gasteiger partial charge in [0.2, 0.25) is 5.91 Å². The number of hydrogen-bond acceptors (Lipinski definition) is 4. The molecule has 2 atom stereocenters. The summed E-state index contributed by atoms with van der Waals surface area (Å²) in [5.74, 6) is -1.34. The van der Waals surface area contributed by atoms with Gasteiger partial charge in [-0.15, -0.1) is 0 Å². The van der Waals surface area contributed by atoms with Gasteiger partial charge >= 0.3 is 12.0 Å². The molecular formula is C28H26ClF2N3O5. The van der Waals surface area contributed by atoms with Crippen LogP contribution in [-0.2, 0) is 11.2 Å². The molecule has 1 aliphatic rings. The van der Waals surface area contributed by atoms with Crippen molar-refractivity contribution in [3.63, 3.8) is 0 Å². The van der Waals surface area contributed by atoms with Gasteiger partial charge in [0.05, 0.1) is 35.3 Å². The summed E-state index contributed by atoms with van der Waals surface area (Å²) in [6, 6.07) is 13.5. The van der Waals surface area contributed by atoms with Crippen LogP contribution in [-0.4, -0.2) is 53.3 Å². The zero-order valence-electron chi connectivity index (χ0n) is 20.9. The lowest BCUT2D eigenvalue weighted by Gasteiger charge is -2.24. The molecule has 0 spiro atoms. The van der Waals surface area contributed by atoms with E-state index < -0.39 is 30.0 Å². The first-order valence-corrected chi connectivity index (χ1v) is 12.5. The molecule has 4 rings (SSSR count). The first-order chi connectivity index (χ1) is 18.6. The lowest BCUT2D eigenvalue weighted by atomic mass is 10.1. The highest BCUT2D eigenvalue weighted by atomic mass is 35.5. The first-order valence-electron chi connectivity index (χ1n) is 12.1. The van der Waals surface area contributed by atoms with Crippen molar-refractivity contribution in [2.24, 2.45) is 0 Å². The molecule has 3 aromatic carbocycles. The Bertz CT molecular complexity index is 1390. The number of carbonyl (C=O) groups is 3. The third-order valence-corrected chi connectivity index (χ3v) is 6.61. The standard InChI is InChI=1S/C28H26ClF2N3O5/c1-16-10-19(30)5-9-24(16)32-28(38)33-25-8-2-17(11-23(25)29)12-26(35)34-14-20(31)13-21(34)15-39-22-6-3-18(4-7-22)27(36)37/h2-11,20-21H,12-15H2,1H3,(H,36,37)(H2,32,33,38)/t20-,21-/m0/s1. The number of urea groups is 1. The second-order valence-corrected chi connectivity index (χ2v) is 9.61. The van der Waals surface area contributed by atoms with E-state index in [-0.39, 0.29) is 42.5 Å². The van der Waals surface area contributed by atoms with Crippen LogP contribution in [0.3, 0.4) is 0 Å². The molecule has 0 saturated carbocycles. The van der Waals surface area contributed by atoms with E-state index in [4.69, 9.17) is 21.4 Å². The molecule has 1 fully saturated rings. The Balaban J connectivity index is 1.34. The van der Waals surface area contributed by atoms with Crippen molar-refractivity contribution < 1.29 is 33.0 Å². The van der Waals surface area contributed by atoms with Crippen molar-refractivity contribution in [2.75, 3.05) is 23.8 Å². The SMILES string of the molecule is Cc1cc(F)ccc1NC(=O)Nc1ccc(CC(=O)N2C[C@@H](F)C[C@H]2COc2ccc(C(=O)O)cc2)cc1Cl. The molecule has 204 valence electrons. The highest BCUT2D eigenvalue weighted by Crippen LogP contribution is 2.27. The summed E-state index contributed by atoms with van der Waals surface area (Å²) in [6.07, 6.45) is -1.08. The maximum absolute atomic E-state index is 14.2. The third kappa shape index (κ3) is 7.23.